The number of carbonyl (C=O) groups is 1. The first-order valence-electron chi connectivity index (χ1n) is 8.57. The first-order chi connectivity index (χ1) is 11.9. The first-order valence-corrected chi connectivity index (χ1v) is 8.57. The van der Waals surface area contributed by atoms with E-state index in [1.54, 1.807) is 0 Å². The van der Waals surface area contributed by atoms with E-state index in [0.29, 0.717) is 18.8 Å². The largest absolute Gasteiger partial charge is 0.484 e. The molecule has 1 heterocycles. The molecule has 0 atom stereocenters. The van der Waals surface area contributed by atoms with Crippen molar-refractivity contribution in [2.24, 2.45) is 0 Å². The van der Waals surface area contributed by atoms with Gasteiger partial charge in [-0.1, -0.05) is 30.3 Å². The highest BCUT2D eigenvalue weighted by atomic mass is 16.5. The number of nitrogen functional groups attached to an aromatic ring is 1. The lowest BCUT2D eigenvalue weighted by Gasteiger charge is -2.40. The Morgan fingerprint density at radius 1 is 1.24 bits per heavy atom. The average Bonchev–Trinajstić information content (AvgIpc) is 2.56. The van der Waals surface area contributed by atoms with Crippen LogP contribution in [0.2, 0.25) is 0 Å². The second-order valence-corrected chi connectivity index (χ2v) is 7.03. The summed E-state index contributed by atoms with van der Waals surface area (Å²) in [6.45, 7) is 5.59. The van der Waals surface area contributed by atoms with Gasteiger partial charge in [0.2, 0.25) is 5.91 Å². The van der Waals surface area contributed by atoms with Gasteiger partial charge in [0.05, 0.1) is 18.8 Å². The molecule has 2 aromatic rings. The number of hydrogen-bond acceptors (Lipinski definition) is 4. The number of anilines is 2. The van der Waals surface area contributed by atoms with Crippen LogP contribution in [0.15, 0.2) is 48.5 Å². The lowest BCUT2D eigenvalue weighted by atomic mass is 10.0. The number of nitrogens with one attached hydrogen (secondary N) is 1. The standard InChI is InChI=1S/C20H25N3O2/c1-20(2)14-23(17-12-16(21)8-9-18(17)25-20)13-19(24)22-11-10-15-6-4-3-5-7-15/h3-9,12H,10-11,13-14,21H2,1-2H3,(H,22,24). The van der Waals surface area contributed by atoms with Gasteiger partial charge in [0.25, 0.3) is 0 Å². The quantitative estimate of drug-likeness (QED) is 0.822. The summed E-state index contributed by atoms with van der Waals surface area (Å²) < 4.78 is 6.00. The normalized spacial score (nSPS) is 15.2. The van der Waals surface area contributed by atoms with Crippen LogP contribution in [0, 0.1) is 0 Å². The molecule has 3 N–H and O–H groups in total. The molecule has 0 bridgehead atoms. The fourth-order valence-electron chi connectivity index (χ4n) is 3.10. The minimum atomic E-state index is -0.354. The molecule has 0 aliphatic carbocycles. The van der Waals surface area contributed by atoms with Crippen LogP contribution in [0.25, 0.3) is 0 Å². The fourth-order valence-corrected chi connectivity index (χ4v) is 3.10. The van der Waals surface area contributed by atoms with E-state index < -0.39 is 0 Å². The summed E-state index contributed by atoms with van der Waals surface area (Å²) in [4.78, 5) is 14.4. The maximum Gasteiger partial charge on any atom is 0.239 e. The van der Waals surface area contributed by atoms with E-state index in [2.05, 4.69) is 17.4 Å². The van der Waals surface area contributed by atoms with Crippen LogP contribution in [0.1, 0.15) is 19.4 Å². The molecular formula is C20H25N3O2. The van der Waals surface area contributed by atoms with Gasteiger partial charge in [0, 0.05) is 12.2 Å². The zero-order valence-corrected chi connectivity index (χ0v) is 14.8. The van der Waals surface area contributed by atoms with E-state index in [1.165, 1.54) is 5.56 Å². The lowest BCUT2D eigenvalue weighted by molar-refractivity contribution is -0.119. The van der Waals surface area contributed by atoms with Gasteiger partial charge < -0.3 is 20.7 Å². The van der Waals surface area contributed by atoms with Gasteiger partial charge in [-0.2, -0.15) is 0 Å². The Morgan fingerprint density at radius 3 is 2.76 bits per heavy atom. The summed E-state index contributed by atoms with van der Waals surface area (Å²) in [5.74, 6) is 0.768. The molecule has 5 nitrogen and oxygen atoms in total. The van der Waals surface area contributed by atoms with Gasteiger partial charge in [-0.3, -0.25) is 4.79 Å². The van der Waals surface area contributed by atoms with Crippen molar-refractivity contribution in [2.75, 3.05) is 30.3 Å². The molecular weight excluding hydrogens is 314 g/mol. The van der Waals surface area contributed by atoms with Crippen LogP contribution >= 0.6 is 0 Å². The van der Waals surface area contributed by atoms with E-state index >= 15 is 0 Å². The van der Waals surface area contributed by atoms with E-state index in [-0.39, 0.29) is 18.1 Å². The zero-order valence-electron chi connectivity index (χ0n) is 14.8. The number of nitrogens with zero attached hydrogens (tertiary/aromatic N) is 1. The highest BCUT2D eigenvalue weighted by Gasteiger charge is 2.32. The number of rotatable bonds is 5. The number of amides is 1. The summed E-state index contributed by atoms with van der Waals surface area (Å²) in [5.41, 5.74) is 8.30. The number of nitrogens with two attached hydrogens (primary N) is 1. The van der Waals surface area contributed by atoms with Crippen LogP contribution in [-0.4, -0.2) is 31.1 Å². The van der Waals surface area contributed by atoms with E-state index in [4.69, 9.17) is 10.5 Å². The second kappa shape index (κ2) is 7.05. The number of ether oxygens (including phenoxy) is 1. The smallest absolute Gasteiger partial charge is 0.239 e. The molecule has 1 aliphatic heterocycles. The SMILES string of the molecule is CC1(C)CN(CC(=O)NCCc2ccccc2)c2cc(N)ccc2O1. The number of benzene rings is 2. The lowest BCUT2D eigenvalue weighted by Crippen LogP contribution is -2.50. The zero-order chi connectivity index (χ0) is 17.9. The Kier molecular flexibility index (Phi) is 4.83. The Labute approximate surface area is 148 Å². The van der Waals surface area contributed by atoms with Crippen LogP contribution in [-0.2, 0) is 11.2 Å². The van der Waals surface area contributed by atoms with Crippen LogP contribution in [0.5, 0.6) is 5.75 Å². The Morgan fingerprint density at radius 2 is 2.00 bits per heavy atom. The molecule has 25 heavy (non-hydrogen) atoms. The summed E-state index contributed by atoms with van der Waals surface area (Å²) in [5, 5.41) is 3.00. The van der Waals surface area contributed by atoms with Gasteiger partial charge in [0.15, 0.2) is 0 Å². The molecule has 0 spiro atoms. The third kappa shape index (κ3) is 4.44. The molecule has 0 aromatic heterocycles. The van der Waals surface area contributed by atoms with Crippen molar-refractivity contribution >= 4 is 17.3 Å². The van der Waals surface area contributed by atoms with Crippen LogP contribution < -0.4 is 20.7 Å². The maximum atomic E-state index is 12.4. The Bertz CT molecular complexity index is 744. The highest BCUT2D eigenvalue weighted by molar-refractivity contribution is 5.83. The van der Waals surface area contributed by atoms with E-state index in [0.717, 1.165) is 17.9 Å². The first kappa shape index (κ1) is 17.1. The summed E-state index contributed by atoms with van der Waals surface area (Å²) in [7, 11) is 0. The van der Waals surface area contributed by atoms with Gasteiger partial charge in [-0.15, -0.1) is 0 Å². The van der Waals surface area contributed by atoms with Gasteiger partial charge in [-0.25, -0.2) is 0 Å². The minimum absolute atomic E-state index is 0.00186. The molecule has 3 rings (SSSR count). The average molecular weight is 339 g/mol. The van der Waals surface area contributed by atoms with Gasteiger partial charge >= 0.3 is 0 Å². The minimum Gasteiger partial charge on any atom is -0.484 e. The van der Waals surface area contributed by atoms with Crippen LogP contribution in [0.3, 0.4) is 0 Å². The summed E-state index contributed by atoms with van der Waals surface area (Å²) in [6, 6.07) is 15.7. The highest BCUT2D eigenvalue weighted by Crippen LogP contribution is 2.37. The van der Waals surface area contributed by atoms with E-state index in [9.17, 15) is 4.79 Å². The molecule has 0 fully saturated rings. The molecule has 1 amide bonds. The summed E-state index contributed by atoms with van der Waals surface area (Å²) in [6.07, 6.45) is 0.824. The van der Waals surface area contributed by atoms with Gasteiger partial charge in [0.1, 0.15) is 11.4 Å². The van der Waals surface area contributed by atoms with E-state index in [1.807, 2.05) is 55.1 Å². The molecule has 0 saturated carbocycles. The molecule has 1 aliphatic rings. The summed E-state index contributed by atoms with van der Waals surface area (Å²) >= 11 is 0. The van der Waals surface area contributed by atoms with Crippen molar-refractivity contribution in [3.63, 3.8) is 0 Å². The molecule has 0 radical (unpaired) electrons. The molecule has 132 valence electrons. The molecule has 0 unspecified atom stereocenters. The molecule has 2 aromatic carbocycles. The molecule has 5 heteroatoms. The van der Waals surface area contributed by atoms with Crippen LogP contribution in [0.4, 0.5) is 11.4 Å². The predicted octanol–water partition coefficient (Wildman–Crippen LogP) is 2.61. The predicted molar refractivity (Wildman–Crippen MR) is 101 cm³/mol. The molecule has 0 saturated heterocycles. The van der Waals surface area contributed by atoms with Crippen molar-refractivity contribution in [3.05, 3.63) is 54.1 Å². The van der Waals surface area contributed by atoms with Crippen molar-refractivity contribution in [1.29, 1.82) is 0 Å². The Balaban J connectivity index is 1.61. The monoisotopic (exact) mass is 339 g/mol. The number of carbonyl (C=O) groups excluding carboxylic acids is 1. The Hall–Kier alpha value is -2.69. The fraction of sp³-hybridized carbons (Fsp3) is 0.350. The third-order valence-electron chi connectivity index (χ3n) is 4.19. The van der Waals surface area contributed by atoms with Crippen molar-refractivity contribution in [2.45, 2.75) is 25.9 Å². The number of hydrogen-bond donors (Lipinski definition) is 2. The topological polar surface area (TPSA) is 67.6 Å². The van der Waals surface area contributed by atoms with Crippen molar-refractivity contribution < 1.29 is 9.53 Å². The maximum absolute atomic E-state index is 12.4. The van der Waals surface area contributed by atoms with Gasteiger partial charge in [-0.05, 0) is 44.0 Å². The number of fused-ring (bicyclic) bond motifs is 1. The second-order valence-electron chi connectivity index (χ2n) is 7.03. The van der Waals surface area contributed by atoms with Crippen molar-refractivity contribution in [3.8, 4) is 5.75 Å². The van der Waals surface area contributed by atoms with Crippen molar-refractivity contribution in [1.82, 2.24) is 5.32 Å². The third-order valence-corrected chi connectivity index (χ3v) is 4.19.